The highest BCUT2D eigenvalue weighted by Gasteiger charge is 2.18. The van der Waals surface area contributed by atoms with Gasteiger partial charge in [-0.25, -0.2) is 9.78 Å². The highest BCUT2D eigenvalue weighted by atomic mass is 32.2. The second kappa shape index (κ2) is 7.31. The molecule has 0 spiro atoms. The molecule has 9 nitrogen and oxygen atoms in total. The van der Waals surface area contributed by atoms with Gasteiger partial charge in [-0.15, -0.1) is 0 Å². The molecule has 1 N–H and O–H groups in total. The second-order valence-corrected chi connectivity index (χ2v) is 6.84. The second-order valence-electron chi connectivity index (χ2n) is 5.90. The monoisotopic (exact) mass is 389 g/mol. The van der Waals surface area contributed by atoms with Crippen LogP contribution in [0.3, 0.4) is 0 Å². The minimum absolute atomic E-state index is 0.0998. The molecule has 0 aliphatic carbocycles. The van der Waals surface area contributed by atoms with E-state index in [2.05, 4.69) is 10.3 Å². The van der Waals surface area contributed by atoms with Gasteiger partial charge in [-0.1, -0.05) is 17.8 Å². The molecule has 2 heterocycles. The summed E-state index contributed by atoms with van der Waals surface area (Å²) in [4.78, 5) is 41.0. The Morgan fingerprint density at radius 3 is 2.63 bits per heavy atom. The zero-order valence-electron chi connectivity index (χ0n) is 15.3. The number of aromatic nitrogens is 4. The van der Waals surface area contributed by atoms with Crippen molar-refractivity contribution in [2.45, 2.75) is 5.16 Å². The van der Waals surface area contributed by atoms with Crippen molar-refractivity contribution in [3.05, 3.63) is 45.1 Å². The third-order valence-electron chi connectivity index (χ3n) is 4.12. The predicted molar refractivity (Wildman–Crippen MR) is 104 cm³/mol. The molecule has 0 unspecified atom stereocenters. The van der Waals surface area contributed by atoms with Crippen molar-refractivity contribution in [1.29, 1.82) is 0 Å². The molecular weight excluding hydrogens is 370 g/mol. The Labute approximate surface area is 158 Å². The van der Waals surface area contributed by atoms with Crippen LogP contribution < -0.4 is 21.3 Å². The van der Waals surface area contributed by atoms with Crippen molar-refractivity contribution in [3.63, 3.8) is 0 Å². The standard InChI is InChI=1S/C17H19N5O4S/c1-20-13-14(21(2)17(25)22(3)15(13)24)19-16(20)27-9-12(23)18-10-6-5-7-11(8-10)26-4/h5-8H,9H2,1-4H3,(H,18,23). The molecule has 0 bridgehead atoms. The summed E-state index contributed by atoms with van der Waals surface area (Å²) in [6.45, 7) is 0. The van der Waals surface area contributed by atoms with E-state index in [1.165, 1.54) is 23.4 Å². The number of fused-ring (bicyclic) bond motifs is 1. The van der Waals surface area contributed by atoms with Gasteiger partial charge in [0.05, 0.1) is 12.9 Å². The number of hydrogen-bond acceptors (Lipinski definition) is 6. The van der Waals surface area contributed by atoms with Crippen molar-refractivity contribution >= 4 is 34.5 Å². The Morgan fingerprint density at radius 1 is 1.19 bits per heavy atom. The Morgan fingerprint density at radius 2 is 1.93 bits per heavy atom. The summed E-state index contributed by atoms with van der Waals surface area (Å²) in [7, 11) is 6.22. The average molecular weight is 389 g/mol. The molecule has 10 heteroatoms. The fourth-order valence-electron chi connectivity index (χ4n) is 2.66. The van der Waals surface area contributed by atoms with Gasteiger partial charge >= 0.3 is 5.69 Å². The van der Waals surface area contributed by atoms with Gasteiger partial charge in [-0.2, -0.15) is 0 Å². The molecule has 1 aromatic carbocycles. The first-order valence-electron chi connectivity index (χ1n) is 8.02. The van der Waals surface area contributed by atoms with Gasteiger partial charge in [0.1, 0.15) is 5.75 Å². The van der Waals surface area contributed by atoms with Crippen molar-refractivity contribution in [1.82, 2.24) is 18.7 Å². The van der Waals surface area contributed by atoms with Crippen LogP contribution in [0.4, 0.5) is 5.69 Å². The zero-order valence-corrected chi connectivity index (χ0v) is 16.2. The molecule has 0 saturated carbocycles. The highest BCUT2D eigenvalue weighted by molar-refractivity contribution is 7.99. The van der Waals surface area contributed by atoms with E-state index >= 15 is 0 Å². The van der Waals surface area contributed by atoms with Gasteiger partial charge < -0.3 is 14.6 Å². The quantitative estimate of drug-likeness (QED) is 0.645. The molecule has 0 saturated heterocycles. The Bertz CT molecular complexity index is 1140. The van der Waals surface area contributed by atoms with Crippen LogP contribution in [-0.2, 0) is 25.9 Å². The molecule has 0 aliphatic rings. The topological polar surface area (TPSA) is 100 Å². The lowest BCUT2D eigenvalue weighted by Crippen LogP contribution is -2.37. The maximum absolute atomic E-state index is 12.4. The van der Waals surface area contributed by atoms with E-state index in [4.69, 9.17) is 4.74 Å². The summed E-state index contributed by atoms with van der Waals surface area (Å²) < 4.78 is 9.08. The molecule has 1 amide bonds. The number of nitrogens with zero attached hydrogens (tertiary/aromatic N) is 4. The summed E-state index contributed by atoms with van der Waals surface area (Å²) in [6.07, 6.45) is 0. The van der Waals surface area contributed by atoms with Crippen molar-refractivity contribution in [2.24, 2.45) is 21.1 Å². The van der Waals surface area contributed by atoms with Crippen molar-refractivity contribution in [2.75, 3.05) is 18.2 Å². The minimum Gasteiger partial charge on any atom is -0.497 e. The van der Waals surface area contributed by atoms with E-state index in [-0.39, 0.29) is 11.7 Å². The van der Waals surface area contributed by atoms with Gasteiger partial charge in [-0.3, -0.25) is 18.7 Å². The highest BCUT2D eigenvalue weighted by Crippen LogP contribution is 2.21. The summed E-state index contributed by atoms with van der Waals surface area (Å²) >= 11 is 1.18. The van der Waals surface area contributed by atoms with Crippen LogP contribution in [0.5, 0.6) is 5.75 Å². The van der Waals surface area contributed by atoms with Crippen LogP contribution in [0, 0.1) is 0 Å². The van der Waals surface area contributed by atoms with Gasteiger partial charge in [0, 0.05) is 32.9 Å². The lowest BCUT2D eigenvalue weighted by atomic mass is 10.3. The Hall–Kier alpha value is -3.01. The van der Waals surface area contributed by atoms with E-state index in [9.17, 15) is 14.4 Å². The van der Waals surface area contributed by atoms with E-state index in [0.29, 0.717) is 27.8 Å². The number of benzene rings is 1. The summed E-state index contributed by atoms with van der Waals surface area (Å²) in [5, 5.41) is 3.26. The van der Waals surface area contributed by atoms with Gasteiger partial charge in [0.25, 0.3) is 5.56 Å². The van der Waals surface area contributed by atoms with Crippen LogP contribution >= 0.6 is 11.8 Å². The summed E-state index contributed by atoms with van der Waals surface area (Å²) in [5.41, 5.74) is 0.367. The van der Waals surface area contributed by atoms with Gasteiger partial charge in [-0.05, 0) is 12.1 Å². The molecule has 3 aromatic rings. The van der Waals surface area contributed by atoms with Crippen LogP contribution in [0.15, 0.2) is 39.0 Å². The van der Waals surface area contributed by atoms with E-state index in [1.807, 2.05) is 0 Å². The minimum atomic E-state index is -0.446. The molecule has 0 aliphatic heterocycles. The zero-order chi connectivity index (χ0) is 19.7. The maximum atomic E-state index is 12.4. The molecule has 27 heavy (non-hydrogen) atoms. The first-order chi connectivity index (χ1) is 12.8. The number of anilines is 1. The number of ether oxygens (including phenoxy) is 1. The number of methoxy groups -OCH3 is 1. The average Bonchev–Trinajstić information content (AvgIpc) is 2.99. The largest absolute Gasteiger partial charge is 0.497 e. The van der Waals surface area contributed by atoms with E-state index < -0.39 is 11.2 Å². The lowest BCUT2D eigenvalue weighted by Gasteiger charge is -2.07. The lowest BCUT2D eigenvalue weighted by molar-refractivity contribution is -0.113. The normalized spacial score (nSPS) is 11.0. The smallest absolute Gasteiger partial charge is 0.332 e. The summed E-state index contributed by atoms with van der Waals surface area (Å²) in [6, 6.07) is 7.05. The third kappa shape index (κ3) is 3.47. The number of carbonyl (C=O) groups excluding carboxylic acids is 1. The number of amides is 1. The van der Waals surface area contributed by atoms with Crippen LogP contribution in [0.25, 0.3) is 11.2 Å². The molecule has 0 fully saturated rings. The van der Waals surface area contributed by atoms with Crippen molar-refractivity contribution < 1.29 is 9.53 Å². The molecule has 3 rings (SSSR count). The van der Waals surface area contributed by atoms with Crippen LogP contribution in [-0.4, -0.2) is 37.5 Å². The number of nitrogens with one attached hydrogen (secondary N) is 1. The van der Waals surface area contributed by atoms with Gasteiger partial charge in [0.15, 0.2) is 16.3 Å². The predicted octanol–water partition coefficient (Wildman–Crippen LogP) is 0.710. The third-order valence-corrected chi connectivity index (χ3v) is 5.15. The van der Waals surface area contributed by atoms with E-state index in [1.54, 1.807) is 50.0 Å². The number of aryl methyl sites for hydroxylation is 2. The Kier molecular flexibility index (Phi) is 5.08. The van der Waals surface area contributed by atoms with Gasteiger partial charge in [0.2, 0.25) is 5.91 Å². The number of rotatable bonds is 5. The van der Waals surface area contributed by atoms with Crippen LogP contribution in [0.1, 0.15) is 0 Å². The molecule has 0 atom stereocenters. The molecular formula is C17H19N5O4S. The number of thioether (sulfide) groups is 1. The number of imidazole rings is 1. The molecule has 0 radical (unpaired) electrons. The van der Waals surface area contributed by atoms with Crippen LogP contribution in [0.2, 0.25) is 0 Å². The number of hydrogen-bond donors (Lipinski definition) is 1. The fraction of sp³-hybridized carbons (Fsp3) is 0.294. The molecule has 142 valence electrons. The SMILES string of the molecule is COc1cccc(NC(=O)CSc2nc3c(c(=O)n(C)c(=O)n3C)n2C)c1. The number of carbonyl (C=O) groups is 1. The van der Waals surface area contributed by atoms with Crippen molar-refractivity contribution in [3.8, 4) is 5.75 Å². The van der Waals surface area contributed by atoms with E-state index in [0.717, 1.165) is 4.57 Å². The Balaban J connectivity index is 1.81. The molecule has 2 aromatic heterocycles. The fourth-order valence-corrected chi connectivity index (χ4v) is 3.42. The summed E-state index contributed by atoms with van der Waals surface area (Å²) in [5.74, 6) is 0.525. The first-order valence-corrected chi connectivity index (χ1v) is 9.01. The first kappa shape index (κ1) is 18.8. The maximum Gasteiger partial charge on any atom is 0.332 e.